The highest BCUT2D eigenvalue weighted by atomic mass is 19.4. The third-order valence-electron chi connectivity index (χ3n) is 3.30. The number of dihydropyridines is 1. The maximum absolute atomic E-state index is 13.3. The van der Waals surface area contributed by atoms with Crippen molar-refractivity contribution in [1.29, 1.82) is 0 Å². The van der Waals surface area contributed by atoms with Gasteiger partial charge in [0.1, 0.15) is 5.84 Å². The van der Waals surface area contributed by atoms with Crippen LogP contribution in [0, 0.1) is 5.41 Å². The van der Waals surface area contributed by atoms with E-state index in [9.17, 15) is 18.0 Å². The van der Waals surface area contributed by atoms with Crippen molar-refractivity contribution >= 4 is 17.6 Å². The van der Waals surface area contributed by atoms with Gasteiger partial charge >= 0.3 is 6.18 Å². The minimum atomic E-state index is -4.58. The molecule has 23 heavy (non-hydrogen) atoms. The predicted octanol–water partition coefficient (Wildman–Crippen LogP) is 0.589. The molecule has 0 aliphatic carbocycles. The molecule has 0 aromatic carbocycles. The van der Waals surface area contributed by atoms with E-state index >= 15 is 0 Å². The van der Waals surface area contributed by atoms with E-state index in [1.165, 1.54) is 14.0 Å². The third kappa shape index (κ3) is 4.01. The molecule has 2 aliphatic heterocycles. The second kappa shape index (κ2) is 6.57. The number of amides is 1. The number of ether oxygens (including phenoxy) is 2. The first-order valence-electron chi connectivity index (χ1n) is 6.84. The number of rotatable bonds is 4. The Morgan fingerprint density at radius 2 is 2.26 bits per heavy atom. The van der Waals surface area contributed by atoms with E-state index < -0.39 is 23.1 Å². The second-order valence-electron chi connectivity index (χ2n) is 5.30. The highest BCUT2D eigenvalue weighted by Crippen LogP contribution is 2.35. The molecule has 0 saturated heterocycles. The number of nitrogens with one attached hydrogen (secondary N) is 2. The summed E-state index contributed by atoms with van der Waals surface area (Å²) in [6.07, 6.45) is -3.56. The quantitative estimate of drug-likeness (QED) is 0.737. The molecule has 1 atom stereocenters. The molecular formula is C13H17F3N4O3. The maximum Gasteiger partial charge on any atom is 0.419 e. The van der Waals surface area contributed by atoms with Crippen LogP contribution in [0.5, 0.6) is 0 Å². The lowest BCUT2D eigenvalue weighted by atomic mass is 9.85. The van der Waals surface area contributed by atoms with Gasteiger partial charge in [0.15, 0.2) is 6.61 Å². The van der Waals surface area contributed by atoms with Crippen LogP contribution in [0.4, 0.5) is 13.2 Å². The first-order chi connectivity index (χ1) is 10.8. The van der Waals surface area contributed by atoms with E-state index in [1.54, 1.807) is 0 Å². The SMILES string of the molecule is COCCNC1=NCC(C)(C2=NNC(=O)CO2)C=C1C(F)(F)F. The molecule has 2 N–H and O–H groups in total. The molecule has 0 aromatic heterocycles. The Balaban J connectivity index is 2.26. The summed E-state index contributed by atoms with van der Waals surface area (Å²) in [5, 5.41) is 6.31. The summed E-state index contributed by atoms with van der Waals surface area (Å²) in [4.78, 5) is 15.0. The summed E-state index contributed by atoms with van der Waals surface area (Å²) in [7, 11) is 1.45. The molecule has 1 unspecified atom stereocenters. The van der Waals surface area contributed by atoms with E-state index in [0.29, 0.717) is 0 Å². The standard InChI is InChI=1S/C13H17F3N4O3/c1-12(11-20-19-9(21)6-23-11)5-8(13(14,15)16)10(18-7-12)17-3-4-22-2/h5H,3-4,6-7H2,1-2H3,(H,17,18)(H,19,21). The second-order valence-corrected chi connectivity index (χ2v) is 5.30. The average molecular weight is 334 g/mol. The molecule has 10 heteroatoms. The molecular weight excluding hydrogens is 317 g/mol. The summed E-state index contributed by atoms with van der Waals surface area (Å²) in [6.45, 7) is 1.70. The van der Waals surface area contributed by atoms with Crippen LogP contribution in [0.15, 0.2) is 21.7 Å². The molecule has 0 bridgehead atoms. The molecule has 0 saturated carbocycles. The summed E-state index contributed by atoms with van der Waals surface area (Å²) < 4.78 is 49.9. The number of alkyl halides is 3. The molecule has 0 aromatic rings. The molecule has 128 valence electrons. The molecule has 2 heterocycles. The van der Waals surface area contributed by atoms with Crippen molar-refractivity contribution in [2.45, 2.75) is 13.1 Å². The van der Waals surface area contributed by atoms with Crippen molar-refractivity contribution in [2.24, 2.45) is 15.5 Å². The van der Waals surface area contributed by atoms with Gasteiger partial charge in [-0.1, -0.05) is 6.08 Å². The Morgan fingerprint density at radius 1 is 1.52 bits per heavy atom. The van der Waals surface area contributed by atoms with Gasteiger partial charge in [-0.15, -0.1) is 5.10 Å². The van der Waals surface area contributed by atoms with Gasteiger partial charge in [-0.2, -0.15) is 13.2 Å². The first kappa shape index (κ1) is 17.3. The van der Waals surface area contributed by atoms with Gasteiger partial charge in [-0.3, -0.25) is 9.79 Å². The lowest BCUT2D eigenvalue weighted by Gasteiger charge is -2.32. The number of hydrazone groups is 1. The van der Waals surface area contributed by atoms with E-state index in [2.05, 4.69) is 20.8 Å². The predicted molar refractivity (Wildman–Crippen MR) is 76.0 cm³/mol. The number of nitrogens with zero attached hydrogens (tertiary/aromatic N) is 2. The topological polar surface area (TPSA) is 84.3 Å². The van der Waals surface area contributed by atoms with Gasteiger partial charge in [0, 0.05) is 13.7 Å². The van der Waals surface area contributed by atoms with E-state index in [-0.39, 0.29) is 38.0 Å². The van der Waals surface area contributed by atoms with Crippen molar-refractivity contribution < 1.29 is 27.4 Å². The number of aliphatic imine (C=N–C) groups is 1. The summed E-state index contributed by atoms with van der Waals surface area (Å²) in [5.74, 6) is -0.704. The normalized spacial score (nSPS) is 24.9. The van der Waals surface area contributed by atoms with Gasteiger partial charge in [-0.05, 0) is 6.92 Å². The molecule has 7 nitrogen and oxygen atoms in total. The number of hydrogen-bond acceptors (Lipinski definition) is 6. The van der Waals surface area contributed by atoms with Crippen LogP contribution in [-0.4, -0.2) is 57.2 Å². The Kier molecular flexibility index (Phi) is 4.93. The minimum absolute atomic E-state index is 0.00135. The van der Waals surface area contributed by atoms with Gasteiger partial charge in [0.2, 0.25) is 5.90 Å². The van der Waals surface area contributed by atoms with Crippen molar-refractivity contribution in [3.63, 3.8) is 0 Å². The van der Waals surface area contributed by atoms with Gasteiger partial charge in [0.25, 0.3) is 5.91 Å². The van der Waals surface area contributed by atoms with E-state index in [0.717, 1.165) is 6.08 Å². The largest absolute Gasteiger partial charge is 0.469 e. The van der Waals surface area contributed by atoms with E-state index in [1.807, 2.05) is 0 Å². The summed E-state index contributed by atoms with van der Waals surface area (Å²) in [6, 6.07) is 0. The van der Waals surface area contributed by atoms with E-state index in [4.69, 9.17) is 9.47 Å². The average Bonchev–Trinajstić information content (AvgIpc) is 2.48. The lowest BCUT2D eigenvalue weighted by molar-refractivity contribution is -0.124. The first-order valence-corrected chi connectivity index (χ1v) is 6.84. The molecule has 1 amide bonds. The van der Waals surface area contributed by atoms with Crippen LogP contribution in [0.2, 0.25) is 0 Å². The monoisotopic (exact) mass is 334 g/mol. The zero-order valence-corrected chi connectivity index (χ0v) is 12.7. The number of carbonyl (C=O) groups is 1. The highest BCUT2D eigenvalue weighted by molar-refractivity contribution is 6.02. The van der Waals surface area contributed by atoms with Crippen molar-refractivity contribution in [3.05, 3.63) is 11.6 Å². The zero-order valence-electron chi connectivity index (χ0n) is 12.7. The van der Waals surface area contributed by atoms with Crippen molar-refractivity contribution in [2.75, 3.05) is 33.4 Å². The molecule has 0 fully saturated rings. The number of hydrogen-bond donors (Lipinski definition) is 2. The Hall–Kier alpha value is -2.10. The minimum Gasteiger partial charge on any atom is -0.469 e. The maximum atomic E-state index is 13.3. The Labute approximate surface area is 130 Å². The number of amidine groups is 1. The fourth-order valence-corrected chi connectivity index (χ4v) is 2.13. The zero-order chi connectivity index (χ0) is 17.1. The van der Waals surface area contributed by atoms with Crippen LogP contribution in [-0.2, 0) is 14.3 Å². The fraction of sp³-hybridized carbons (Fsp3) is 0.615. The summed E-state index contributed by atoms with van der Waals surface area (Å²) >= 11 is 0. The Bertz CT molecular complexity index is 571. The molecule has 2 aliphatic rings. The highest BCUT2D eigenvalue weighted by Gasteiger charge is 2.44. The number of halogens is 3. The molecule has 0 radical (unpaired) electrons. The third-order valence-corrected chi connectivity index (χ3v) is 3.30. The van der Waals surface area contributed by atoms with Crippen LogP contribution < -0.4 is 10.7 Å². The van der Waals surface area contributed by atoms with Crippen molar-refractivity contribution in [1.82, 2.24) is 10.7 Å². The van der Waals surface area contributed by atoms with Gasteiger partial charge < -0.3 is 14.8 Å². The molecule has 2 rings (SSSR count). The lowest BCUT2D eigenvalue weighted by Crippen LogP contribution is -2.45. The van der Waals surface area contributed by atoms with Gasteiger partial charge in [-0.25, -0.2) is 5.43 Å². The van der Waals surface area contributed by atoms with Crippen LogP contribution in [0.3, 0.4) is 0 Å². The number of methoxy groups -OCH3 is 1. The number of carbonyl (C=O) groups excluding carboxylic acids is 1. The van der Waals surface area contributed by atoms with Crippen molar-refractivity contribution in [3.8, 4) is 0 Å². The molecule has 0 spiro atoms. The Morgan fingerprint density at radius 3 is 2.83 bits per heavy atom. The summed E-state index contributed by atoms with van der Waals surface area (Å²) in [5.41, 5.74) is 0.107. The van der Waals surface area contributed by atoms with Gasteiger partial charge in [0.05, 0.1) is 24.1 Å². The van der Waals surface area contributed by atoms with Crippen LogP contribution in [0.25, 0.3) is 0 Å². The van der Waals surface area contributed by atoms with Crippen LogP contribution in [0.1, 0.15) is 6.92 Å². The van der Waals surface area contributed by atoms with Crippen LogP contribution >= 0.6 is 0 Å². The smallest absolute Gasteiger partial charge is 0.419 e. The fourth-order valence-electron chi connectivity index (χ4n) is 2.13.